The number of rotatable bonds is 5. The number of H-pyrrole nitrogens is 1. The summed E-state index contributed by atoms with van der Waals surface area (Å²) < 4.78 is 18.4. The minimum Gasteiger partial charge on any atom is -0.492 e. The summed E-state index contributed by atoms with van der Waals surface area (Å²) >= 11 is 0. The van der Waals surface area contributed by atoms with Crippen molar-refractivity contribution in [1.82, 2.24) is 15.1 Å². The lowest BCUT2D eigenvalue weighted by Crippen LogP contribution is -2.26. The van der Waals surface area contributed by atoms with E-state index in [9.17, 15) is 4.39 Å². The third kappa shape index (κ3) is 3.17. The predicted octanol–water partition coefficient (Wildman–Crippen LogP) is 2.42. The van der Waals surface area contributed by atoms with Crippen LogP contribution >= 0.6 is 0 Å². The highest BCUT2D eigenvalue weighted by atomic mass is 19.1. The van der Waals surface area contributed by atoms with E-state index in [0.717, 1.165) is 31.8 Å². The Bertz CT molecular complexity index is 527. The molecule has 1 N–H and O–H groups in total. The van der Waals surface area contributed by atoms with Crippen molar-refractivity contribution in [1.29, 1.82) is 0 Å². The van der Waals surface area contributed by atoms with Crippen molar-refractivity contribution in [3.63, 3.8) is 0 Å². The van der Waals surface area contributed by atoms with Crippen LogP contribution in [0, 0.1) is 5.82 Å². The van der Waals surface area contributed by atoms with Gasteiger partial charge in [-0.1, -0.05) is 0 Å². The first-order valence-electron chi connectivity index (χ1n) is 6.91. The second kappa shape index (κ2) is 6.05. The lowest BCUT2D eigenvalue weighted by Gasteiger charge is -2.16. The van der Waals surface area contributed by atoms with Crippen LogP contribution in [0.2, 0.25) is 0 Å². The topological polar surface area (TPSA) is 41.1 Å². The fourth-order valence-electron chi connectivity index (χ4n) is 2.61. The number of nitrogens with zero attached hydrogens (tertiary/aromatic N) is 2. The number of nitrogens with one attached hydrogen (secondary N) is 1. The first kappa shape index (κ1) is 13.1. The van der Waals surface area contributed by atoms with Gasteiger partial charge in [-0.3, -0.25) is 10.00 Å². The number of benzene rings is 1. The van der Waals surface area contributed by atoms with Crippen molar-refractivity contribution in [2.75, 3.05) is 26.2 Å². The lowest BCUT2D eigenvalue weighted by molar-refractivity contribution is 0.236. The number of hydrogen-bond donors (Lipinski definition) is 1. The van der Waals surface area contributed by atoms with Crippen LogP contribution in [0.1, 0.15) is 18.0 Å². The van der Waals surface area contributed by atoms with Crippen LogP contribution in [0.25, 0.3) is 0 Å². The molecule has 0 unspecified atom stereocenters. The summed E-state index contributed by atoms with van der Waals surface area (Å²) in [6.45, 7) is 3.63. The zero-order chi connectivity index (χ0) is 13.8. The Morgan fingerprint density at radius 1 is 1.30 bits per heavy atom. The van der Waals surface area contributed by atoms with E-state index in [0.29, 0.717) is 12.5 Å². The number of aromatic amines is 1. The third-order valence-electron chi connectivity index (χ3n) is 3.72. The average Bonchev–Trinajstić information content (AvgIpc) is 3.11. The highest BCUT2D eigenvalue weighted by molar-refractivity contribution is 5.22. The van der Waals surface area contributed by atoms with Crippen LogP contribution in [0.5, 0.6) is 5.75 Å². The van der Waals surface area contributed by atoms with Crippen LogP contribution in [0.15, 0.2) is 36.5 Å². The van der Waals surface area contributed by atoms with E-state index in [1.165, 1.54) is 17.8 Å². The van der Waals surface area contributed by atoms with Gasteiger partial charge in [0.25, 0.3) is 0 Å². The van der Waals surface area contributed by atoms with Gasteiger partial charge in [-0.2, -0.15) is 5.10 Å². The molecule has 0 radical (unpaired) electrons. The van der Waals surface area contributed by atoms with E-state index in [4.69, 9.17) is 4.74 Å². The van der Waals surface area contributed by atoms with Crippen molar-refractivity contribution in [2.45, 2.75) is 12.3 Å². The number of hydrogen-bond acceptors (Lipinski definition) is 3. The maximum absolute atomic E-state index is 12.8. The van der Waals surface area contributed by atoms with Gasteiger partial charge in [0.15, 0.2) is 0 Å². The smallest absolute Gasteiger partial charge is 0.123 e. The molecule has 0 aliphatic carbocycles. The highest BCUT2D eigenvalue weighted by Gasteiger charge is 2.24. The lowest BCUT2D eigenvalue weighted by atomic mass is 10.1. The fraction of sp³-hybridized carbons (Fsp3) is 0.400. The van der Waals surface area contributed by atoms with Crippen molar-refractivity contribution in [3.8, 4) is 5.75 Å². The molecule has 1 aromatic carbocycles. The maximum atomic E-state index is 12.8. The van der Waals surface area contributed by atoms with Crippen LogP contribution in [0.3, 0.4) is 0 Å². The zero-order valence-corrected chi connectivity index (χ0v) is 11.3. The Morgan fingerprint density at radius 3 is 2.90 bits per heavy atom. The molecule has 0 saturated carbocycles. The Balaban J connectivity index is 1.42. The fourth-order valence-corrected chi connectivity index (χ4v) is 2.61. The highest BCUT2D eigenvalue weighted by Crippen LogP contribution is 2.25. The molecule has 2 heterocycles. The number of aromatic nitrogens is 2. The molecular weight excluding hydrogens is 257 g/mol. The summed E-state index contributed by atoms with van der Waals surface area (Å²) in [7, 11) is 0. The monoisotopic (exact) mass is 275 g/mol. The third-order valence-corrected chi connectivity index (χ3v) is 3.72. The van der Waals surface area contributed by atoms with Gasteiger partial charge in [-0.05, 0) is 43.3 Å². The van der Waals surface area contributed by atoms with E-state index in [-0.39, 0.29) is 5.82 Å². The number of likely N-dealkylation sites (tertiary alicyclic amines) is 1. The van der Waals surface area contributed by atoms with Crippen molar-refractivity contribution in [2.24, 2.45) is 0 Å². The van der Waals surface area contributed by atoms with Crippen LogP contribution < -0.4 is 4.74 Å². The summed E-state index contributed by atoms with van der Waals surface area (Å²) in [6, 6.07) is 8.20. The quantitative estimate of drug-likeness (QED) is 0.911. The van der Waals surface area contributed by atoms with Crippen LogP contribution in [0.4, 0.5) is 4.39 Å². The Morgan fingerprint density at radius 2 is 2.15 bits per heavy atom. The normalized spacial score (nSPS) is 19.4. The molecule has 1 aromatic heterocycles. The Hall–Kier alpha value is -1.88. The zero-order valence-electron chi connectivity index (χ0n) is 11.3. The predicted molar refractivity (Wildman–Crippen MR) is 74.3 cm³/mol. The van der Waals surface area contributed by atoms with Gasteiger partial charge in [-0.25, -0.2) is 4.39 Å². The van der Waals surface area contributed by atoms with Crippen molar-refractivity contribution in [3.05, 3.63) is 48.0 Å². The Kier molecular flexibility index (Phi) is 3.97. The van der Waals surface area contributed by atoms with Crippen LogP contribution in [-0.4, -0.2) is 41.3 Å². The van der Waals surface area contributed by atoms with Gasteiger partial charge < -0.3 is 4.74 Å². The molecule has 0 spiro atoms. The SMILES string of the molecule is Fc1ccc(OCCN2CC[C@H](c3ccn[nH]3)C2)cc1. The number of halogens is 1. The van der Waals surface area contributed by atoms with Gasteiger partial charge in [0.1, 0.15) is 18.2 Å². The van der Waals surface area contributed by atoms with Crippen molar-refractivity contribution < 1.29 is 9.13 Å². The molecule has 1 saturated heterocycles. The molecule has 1 aliphatic heterocycles. The van der Waals surface area contributed by atoms with E-state index in [1.807, 2.05) is 6.07 Å². The van der Waals surface area contributed by atoms with Gasteiger partial charge in [0.2, 0.25) is 0 Å². The minimum atomic E-state index is -0.237. The number of ether oxygens (including phenoxy) is 1. The molecule has 1 fully saturated rings. The van der Waals surface area contributed by atoms with Crippen molar-refractivity contribution >= 4 is 0 Å². The minimum absolute atomic E-state index is 0.237. The molecule has 5 heteroatoms. The molecule has 106 valence electrons. The first-order valence-corrected chi connectivity index (χ1v) is 6.91. The van der Waals surface area contributed by atoms with E-state index < -0.39 is 0 Å². The van der Waals surface area contributed by atoms with E-state index in [1.54, 1.807) is 18.3 Å². The summed E-state index contributed by atoms with van der Waals surface area (Å²) in [5.41, 5.74) is 1.21. The largest absolute Gasteiger partial charge is 0.492 e. The van der Waals surface area contributed by atoms with Crippen LogP contribution in [-0.2, 0) is 0 Å². The van der Waals surface area contributed by atoms with Gasteiger partial charge >= 0.3 is 0 Å². The van der Waals surface area contributed by atoms with E-state index >= 15 is 0 Å². The van der Waals surface area contributed by atoms with Gasteiger partial charge in [0, 0.05) is 30.9 Å². The summed E-state index contributed by atoms with van der Waals surface area (Å²) in [4.78, 5) is 2.38. The maximum Gasteiger partial charge on any atom is 0.123 e. The molecular formula is C15H18FN3O. The molecule has 2 aromatic rings. The van der Waals surface area contributed by atoms with E-state index in [2.05, 4.69) is 15.1 Å². The molecule has 0 bridgehead atoms. The van der Waals surface area contributed by atoms with Gasteiger partial charge in [0.05, 0.1) is 0 Å². The summed E-state index contributed by atoms with van der Waals surface area (Å²) in [5.74, 6) is 1.03. The Labute approximate surface area is 117 Å². The molecule has 20 heavy (non-hydrogen) atoms. The summed E-state index contributed by atoms with van der Waals surface area (Å²) in [6.07, 6.45) is 2.95. The van der Waals surface area contributed by atoms with Gasteiger partial charge in [-0.15, -0.1) is 0 Å². The first-order chi connectivity index (χ1) is 9.81. The molecule has 1 aliphatic rings. The second-order valence-corrected chi connectivity index (χ2v) is 5.10. The molecule has 1 atom stereocenters. The summed E-state index contributed by atoms with van der Waals surface area (Å²) in [5, 5.41) is 7.05. The average molecular weight is 275 g/mol. The second-order valence-electron chi connectivity index (χ2n) is 5.10. The molecule has 4 nitrogen and oxygen atoms in total. The molecule has 0 amide bonds. The molecule has 3 rings (SSSR count). The standard InChI is InChI=1S/C15H18FN3O/c16-13-1-3-14(4-2-13)20-10-9-19-8-6-12(11-19)15-5-7-17-18-15/h1-5,7,12H,6,8-11H2,(H,17,18)/t12-/m0/s1.